The molecule has 136 valence electrons. The maximum Gasteiger partial charge on any atom is 0.0851 e. The molecule has 0 fully saturated rings. The van der Waals surface area contributed by atoms with Gasteiger partial charge in [0.2, 0.25) is 0 Å². The zero-order chi connectivity index (χ0) is 19.3. The van der Waals surface area contributed by atoms with E-state index in [0.29, 0.717) is 0 Å². The van der Waals surface area contributed by atoms with Gasteiger partial charge in [-0.3, -0.25) is 0 Å². The van der Waals surface area contributed by atoms with Gasteiger partial charge in [-0.15, -0.1) is 0 Å². The van der Waals surface area contributed by atoms with Crippen molar-refractivity contribution in [2.24, 2.45) is 0 Å². The molecular formula is C24H28BrN. The summed E-state index contributed by atoms with van der Waals surface area (Å²) in [7, 11) is 0. The fourth-order valence-corrected chi connectivity index (χ4v) is 3.92. The van der Waals surface area contributed by atoms with Crippen LogP contribution in [0.2, 0.25) is 0 Å². The van der Waals surface area contributed by atoms with Crippen LogP contribution in [0.25, 0.3) is 22.2 Å². The highest BCUT2D eigenvalue weighted by atomic mass is 79.9. The van der Waals surface area contributed by atoms with Crippen LogP contribution < -0.4 is 0 Å². The van der Waals surface area contributed by atoms with Crippen LogP contribution in [0.15, 0.2) is 46.9 Å². The lowest BCUT2D eigenvalue weighted by Crippen LogP contribution is -2.18. The average molecular weight is 410 g/mol. The zero-order valence-electron chi connectivity index (χ0n) is 16.9. The molecule has 0 saturated carbocycles. The summed E-state index contributed by atoms with van der Waals surface area (Å²) < 4.78 is 1.04. The fraction of sp³-hybridized carbons (Fsp3) is 0.375. The number of hydrogen-bond acceptors (Lipinski definition) is 1. The molecule has 1 nitrogen and oxygen atoms in total. The Labute approximate surface area is 166 Å². The Morgan fingerprint density at radius 3 is 2.15 bits per heavy atom. The van der Waals surface area contributed by atoms with Gasteiger partial charge >= 0.3 is 0 Å². The molecule has 0 unspecified atom stereocenters. The van der Waals surface area contributed by atoms with Crippen molar-refractivity contribution in [3.8, 4) is 11.3 Å². The number of pyridine rings is 1. The van der Waals surface area contributed by atoms with Crippen molar-refractivity contribution in [2.45, 2.75) is 59.3 Å². The zero-order valence-corrected chi connectivity index (χ0v) is 18.5. The number of nitrogens with zero attached hydrogens (tertiary/aromatic N) is 1. The lowest BCUT2D eigenvalue weighted by molar-refractivity contribution is 0.566. The first-order chi connectivity index (χ1) is 12.0. The van der Waals surface area contributed by atoms with Crippen molar-refractivity contribution < 1.29 is 0 Å². The summed E-state index contributed by atoms with van der Waals surface area (Å²) in [5.74, 6) is 0. The predicted molar refractivity (Wildman–Crippen MR) is 117 cm³/mol. The topological polar surface area (TPSA) is 12.9 Å². The van der Waals surface area contributed by atoms with E-state index in [2.05, 4.69) is 107 Å². The lowest BCUT2D eigenvalue weighted by atomic mass is 9.76. The number of fused-ring (bicyclic) bond motifs is 1. The summed E-state index contributed by atoms with van der Waals surface area (Å²) in [4.78, 5) is 5.01. The van der Waals surface area contributed by atoms with Crippen LogP contribution in [0.4, 0.5) is 0 Å². The van der Waals surface area contributed by atoms with Gasteiger partial charge in [-0.25, -0.2) is 4.98 Å². The molecule has 2 heteroatoms. The Balaban J connectivity index is 2.32. The minimum absolute atomic E-state index is 0.0948. The second-order valence-electron chi connectivity index (χ2n) is 9.20. The van der Waals surface area contributed by atoms with Gasteiger partial charge in [-0.1, -0.05) is 65.8 Å². The van der Waals surface area contributed by atoms with Crippen molar-refractivity contribution in [1.29, 1.82) is 0 Å². The minimum atomic E-state index is 0.0948. The SMILES string of the molecule is Cc1c(-c2ccc3cccc(Br)c3n2)cc(C(C)(C)C)cc1C(C)(C)C. The van der Waals surface area contributed by atoms with Crippen LogP contribution in [0, 0.1) is 6.92 Å². The lowest BCUT2D eigenvalue weighted by Gasteiger charge is -2.28. The van der Waals surface area contributed by atoms with E-state index in [1.165, 1.54) is 22.3 Å². The van der Waals surface area contributed by atoms with Crippen LogP contribution in [-0.4, -0.2) is 4.98 Å². The molecule has 2 aromatic carbocycles. The highest BCUT2D eigenvalue weighted by molar-refractivity contribution is 9.10. The minimum Gasteiger partial charge on any atom is -0.247 e. The van der Waals surface area contributed by atoms with Gasteiger partial charge < -0.3 is 0 Å². The molecule has 0 amide bonds. The third kappa shape index (κ3) is 3.57. The van der Waals surface area contributed by atoms with E-state index in [1.54, 1.807) is 0 Å². The van der Waals surface area contributed by atoms with Crippen molar-refractivity contribution in [3.05, 3.63) is 63.6 Å². The monoisotopic (exact) mass is 409 g/mol. The van der Waals surface area contributed by atoms with Gasteiger partial charge in [0.05, 0.1) is 11.2 Å². The molecule has 3 rings (SSSR count). The molecule has 1 aromatic heterocycles. The second-order valence-corrected chi connectivity index (χ2v) is 10.1. The van der Waals surface area contributed by atoms with Gasteiger partial charge in [0.15, 0.2) is 0 Å². The maximum atomic E-state index is 5.01. The molecule has 0 aliphatic carbocycles. The molecule has 0 saturated heterocycles. The molecular weight excluding hydrogens is 382 g/mol. The molecule has 1 heterocycles. The van der Waals surface area contributed by atoms with Gasteiger partial charge in [0.1, 0.15) is 0 Å². The van der Waals surface area contributed by atoms with Gasteiger partial charge in [0.25, 0.3) is 0 Å². The van der Waals surface area contributed by atoms with Crippen LogP contribution in [-0.2, 0) is 10.8 Å². The first kappa shape index (κ1) is 19.1. The third-order valence-electron chi connectivity index (χ3n) is 5.03. The van der Waals surface area contributed by atoms with E-state index in [9.17, 15) is 0 Å². The van der Waals surface area contributed by atoms with E-state index in [0.717, 1.165) is 21.1 Å². The number of para-hydroxylation sites is 1. The van der Waals surface area contributed by atoms with E-state index in [4.69, 9.17) is 4.98 Å². The number of halogens is 1. The first-order valence-corrected chi connectivity index (χ1v) is 9.99. The van der Waals surface area contributed by atoms with E-state index < -0.39 is 0 Å². The Hall–Kier alpha value is -1.67. The summed E-state index contributed by atoms with van der Waals surface area (Å²) in [5, 5.41) is 1.16. The molecule has 0 radical (unpaired) electrons. The average Bonchev–Trinajstić information content (AvgIpc) is 2.53. The number of aromatic nitrogens is 1. The molecule has 0 aliphatic heterocycles. The normalized spacial score (nSPS) is 12.6. The summed E-state index contributed by atoms with van der Waals surface area (Å²) in [5.41, 5.74) is 7.56. The Morgan fingerprint density at radius 1 is 0.846 bits per heavy atom. The van der Waals surface area contributed by atoms with Crippen LogP contribution in [0.3, 0.4) is 0 Å². The molecule has 26 heavy (non-hydrogen) atoms. The number of benzene rings is 2. The smallest absolute Gasteiger partial charge is 0.0851 e. The highest BCUT2D eigenvalue weighted by Crippen LogP contribution is 2.37. The number of hydrogen-bond donors (Lipinski definition) is 0. The summed E-state index contributed by atoms with van der Waals surface area (Å²) in [6.07, 6.45) is 0. The Morgan fingerprint density at radius 2 is 1.54 bits per heavy atom. The fourth-order valence-electron chi connectivity index (χ4n) is 3.45. The van der Waals surface area contributed by atoms with Gasteiger partial charge in [-0.05, 0) is 68.6 Å². The molecule has 0 bridgehead atoms. The molecule has 0 aliphatic rings. The van der Waals surface area contributed by atoms with Crippen molar-refractivity contribution in [1.82, 2.24) is 4.98 Å². The molecule has 3 aromatic rings. The standard InChI is InChI=1S/C24H28BrN/c1-15-18(13-17(23(2,3)4)14-19(15)24(5,6)7)21-12-11-16-9-8-10-20(25)22(16)26-21/h8-14H,1-7H3. The van der Waals surface area contributed by atoms with Crippen molar-refractivity contribution in [3.63, 3.8) is 0 Å². The summed E-state index contributed by atoms with van der Waals surface area (Å²) in [6, 6.07) is 15.2. The summed E-state index contributed by atoms with van der Waals surface area (Å²) >= 11 is 3.65. The van der Waals surface area contributed by atoms with Crippen molar-refractivity contribution in [2.75, 3.05) is 0 Å². The van der Waals surface area contributed by atoms with E-state index >= 15 is 0 Å². The van der Waals surface area contributed by atoms with Crippen LogP contribution in [0.5, 0.6) is 0 Å². The largest absolute Gasteiger partial charge is 0.247 e. The number of rotatable bonds is 1. The third-order valence-corrected chi connectivity index (χ3v) is 5.67. The Kier molecular flexibility index (Phi) is 4.77. The van der Waals surface area contributed by atoms with Gasteiger partial charge in [0, 0.05) is 15.4 Å². The molecule has 0 N–H and O–H groups in total. The maximum absolute atomic E-state index is 5.01. The van der Waals surface area contributed by atoms with Crippen molar-refractivity contribution >= 4 is 26.8 Å². The molecule has 0 atom stereocenters. The summed E-state index contributed by atoms with van der Waals surface area (Å²) in [6.45, 7) is 15.9. The second kappa shape index (κ2) is 6.49. The van der Waals surface area contributed by atoms with Gasteiger partial charge in [-0.2, -0.15) is 0 Å². The van der Waals surface area contributed by atoms with Crippen LogP contribution in [0.1, 0.15) is 58.2 Å². The van der Waals surface area contributed by atoms with E-state index in [-0.39, 0.29) is 10.8 Å². The predicted octanol–water partition coefficient (Wildman–Crippen LogP) is 7.57. The highest BCUT2D eigenvalue weighted by Gasteiger charge is 2.24. The van der Waals surface area contributed by atoms with E-state index in [1.807, 2.05) is 0 Å². The first-order valence-electron chi connectivity index (χ1n) is 9.20. The van der Waals surface area contributed by atoms with Crippen LogP contribution >= 0.6 is 15.9 Å². The quantitative estimate of drug-likeness (QED) is 0.403. The molecule has 0 spiro atoms. The Bertz CT molecular complexity index is 972.